The largest absolute Gasteiger partial charge is 0.494 e. The Morgan fingerprint density at radius 3 is 2.75 bits per heavy atom. The van der Waals surface area contributed by atoms with Gasteiger partial charge < -0.3 is 9.47 Å². The molecule has 0 radical (unpaired) electrons. The van der Waals surface area contributed by atoms with E-state index in [9.17, 15) is 4.79 Å². The summed E-state index contributed by atoms with van der Waals surface area (Å²) in [7, 11) is -1.22. The van der Waals surface area contributed by atoms with Crippen molar-refractivity contribution in [3.63, 3.8) is 0 Å². The quantitative estimate of drug-likeness (QED) is 0.808. The van der Waals surface area contributed by atoms with Crippen molar-refractivity contribution in [3.8, 4) is 22.8 Å². The van der Waals surface area contributed by atoms with E-state index in [1.54, 1.807) is 18.2 Å². The third-order valence-electron chi connectivity index (χ3n) is 2.81. The maximum Gasteiger partial charge on any atom is 0.213 e. The Morgan fingerprint density at radius 1 is 1.30 bits per heavy atom. The molecule has 0 unspecified atom stereocenters. The molecule has 0 saturated heterocycles. The van der Waals surface area contributed by atoms with E-state index < -0.39 is 7.04 Å². The number of Topliss-reactive ketones (excluding diaryl/α,β-unsaturated/α-hetero) is 1. The lowest BCUT2D eigenvalue weighted by Crippen LogP contribution is -1.99. The van der Waals surface area contributed by atoms with Crippen LogP contribution in [-0.2, 0) is 0 Å². The predicted molar refractivity (Wildman–Crippen MR) is 77.8 cm³/mol. The van der Waals surface area contributed by atoms with Crippen molar-refractivity contribution in [3.05, 3.63) is 41.0 Å². The van der Waals surface area contributed by atoms with Gasteiger partial charge in [0.05, 0.1) is 24.5 Å². The maximum atomic E-state index is 11.9. The van der Waals surface area contributed by atoms with Crippen LogP contribution in [0.4, 0.5) is 0 Å². The van der Waals surface area contributed by atoms with Crippen LogP contribution >= 0.6 is 11.6 Å². The molecule has 1 aromatic heterocycles. The number of hydrogen-bond acceptors (Lipinski definition) is 4. The van der Waals surface area contributed by atoms with Crippen LogP contribution in [0.25, 0.3) is 11.1 Å². The number of halogens is 1. The minimum atomic E-state index is -2.65. The van der Waals surface area contributed by atoms with Gasteiger partial charge in [-0.3, -0.25) is 4.79 Å². The third kappa shape index (κ3) is 2.75. The monoisotopic (exact) mass is 294 g/mol. The molecule has 2 rings (SSSR count). The average molecular weight is 295 g/mol. The summed E-state index contributed by atoms with van der Waals surface area (Å²) < 4.78 is 31.9. The second-order valence-electron chi connectivity index (χ2n) is 4.07. The molecule has 5 heteroatoms. The highest BCUT2D eigenvalue weighted by Gasteiger charge is 2.15. The Labute approximate surface area is 126 Å². The van der Waals surface area contributed by atoms with E-state index >= 15 is 0 Å². The van der Waals surface area contributed by atoms with Crippen molar-refractivity contribution in [1.29, 1.82) is 0 Å². The Bertz CT molecular complexity index is 747. The number of hydrogen-bond donors (Lipinski definition) is 0. The Morgan fingerprint density at radius 2 is 2.10 bits per heavy atom. The van der Waals surface area contributed by atoms with Gasteiger partial charge in [-0.05, 0) is 30.7 Å². The van der Waals surface area contributed by atoms with E-state index in [0.29, 0.717) is 21.7 Å². The van der Waals surface area contributed by atoms with Crippen LogP contribution in [0.15, 0.2) is 30.5 Å². The summed E-state index contributed by atoms with van der Waals surface area (Å²) >= 11 is 6.02. The second kappa shape index (κ2) is 5.92. The SMILES string of the molecule is [2H]C([2H])([2H])Oc1cnc(OC)cc1-c1cc(Cl)ccc1C(C)=O. The smallest absolute Gasteiger partial charge is 0.213 e. The normalized spacial score (nSPS) is 13.1. The summed E-state index contributed by atoms with van der Waals surface area (Å²) in [6.45, 7) is 1.41. The summed E-state index contributed by atoms with van der Waals surface area (Å²) in [6, 6.07) is 6.23. The fourth-order valence-corrected chi connectivity index (χ4v) is 2.05. The van der Waals surface area contributed by atoms with Crippen LogP contribution in [0.3, 0.4) is 0 Å². The zero-order valence-corrected chi connectivity index (χ0v) is 11.7. The Hall–Kier alpha value is -2.07. The number of carbonyl (C=O) groups excluding carboxylic acids is 1. The third-order valence-corrected chi connectivity index (χ3v) is 3.05. The summed E-state index contributed by atoms with van der Waals surface area (Å²) in [5.74, 6) is 0.0789. The number of benzene rings is 1. The molecule has 0 spiro atoms. The average Bonchev–Trinajstić information content (AvgIpc) is 2.45. The second-order valence-corrected chi connectivity index (χ2v) is 4.51. The molecular weight excluding hydrogens is 278 g/mol. The van der Waals surface area contributed by atoms with Crippen molar-refractivity contribution in [2.75, 3.05) is 14.1 Å². The number of ketones is 1. The van der Waals surface area contributed by atoms with Gasteiger partial charge in [0, 0.05) is 22.2 Å². The highest BCUT2D eigenvalue weighted by Crippen LogP contribution is 2.35. The number of ether oxygens (including phenoxy) is 2. The molecule has 104 valence electrons. The minimum absolute atomic E-state index is 0.00978. The van der Waals surface area contributed by atoms with Gasteiger partial charge in [-0.25, -0.2) is 4.98 Å². The van der Waals surface area contributed by atoms with E-state index in [1.807, 2.05) is 0 Å². The number of aromatic nitrogens is 1. The van der Waals surface area contributed by atoms with Crippen molar-refractivity contribution in [2.24, 2.45) is 0 Å². The lowest BCUT2D eigenvalue weighted by Gasteiger charge is -2.13. The van der Waals surface area contributed by atoms with E-state index in [0.717, 1.165) is 0 Å². The van der Waals surface area contributed by atoms with Gasteiger partial charge in [0.15, 0.2) is 5.78 Å². The van der Waals surface area contributed by atoms with Gasteiger partial charge in [0.1, 0.15) is 5.75 Å². The predicted octanol–water partition coefficient (Wildman–Crippen LogP) is 3.62. The van der Waals surface area contributed by atoms with Crippen LogP contribution in [-0.4, -0.2) is 24.9 Å². The van der Waals surface area contributed by atoms with E-state index in [4.69, 9.17) is 25.2 Å². The van der Waals surface area contributed by atoms with Gasteiger partial charge >= 0.3 is 0 Å². The first-order valence-electron chi connectivity index (χ1n) is 7.25. The fraction of sp³-hybridized carbons (Fsp3) is 0.200. The summed E-state index contributed by atoms with van der Waals surface area (Å²) in [4.78, 5) is 15.8. The van der Waals surface area contributed by atoms with Crippen LogP contribution < -0.4 is 9.47 Å². The molecule has 0 saturated carbocycles. The number of carbonyl (C=O) groups is 1. The molecular formula is C15H14ClNO3. The molecule has 1 aromatic carbocycles. The zero-order valence-electron chi connectivity index (χ0n) is 13.9. The highest BCUT2D eigenvalue weighted by molar-refractivity contribution is 6.31. The molecule has 0 amide bonds. The van der Waals surface area contributed by atoms with Gasteiger partial charge in [0.2, 0.25) is 5.88 Å². The first-order chi connectivity index (χ1) is 10.7. The fourth-order valence-electron chi connectivity index (χ4n) is 1.87. The zero-order chi connectivity index (χ0) is 17.2. The van der Waals surface area contributed by atoms with Crippen molar-refractivity contribution >= 4 is 17.4 Å². The Kier molecular flexibility index (Phi) is 3.17. The van der Waals surface area contributed by atoms with E-state index in [-0.39, 0.29) is 17.4 Å². The highest BCUT2D eigenvalue weighted by atomic mass is 35.5. The number of methoxy groups -OCH3 is 2. The minimum Gasteiger partial charge on any atom is -0.494 e. The molecule has 0 atom stereocenters. The standard InChI is InChI=1S/C15H14ClNO3/c1-9(18)11-5-4-10(16)6-12(11)13-7-15(20-3)17-8-14(13)19-2/h4-8H,1-3H3/i2D3. The molecule has 4 nitrogen and oxygen atoms in total. The van der Waals surface area contributed by atoms with Gasteiger partial charge in [-0.1, -0.05) is 11.6 Å². The Balaban J connectivity index is 2.70. The van der Waals surface area contributed by atoms with Crippen LogP contribution in [0.2, 0.25) is 5.02 Å². The number of pyridine rings is 1. The summed E-state index contributed by atoms with van der Waals surface area (Å²) in [5, 5.41) is 0.403. The van der Waals surface area contributed by atoms with Crippen molar-refractivity contribution in [2.45, 2.75) is 6.92 Å². The molecule has 0 aliphatic rings. The van der Waals surface area contributed by atoms with Crippen LogP contribution in [0.1, 0.15) is 21.4 Å². The summed E-state index contributed by atoms with van der Waals surface area (Å²) in [5.41, 5.74) is 1.20. The van der Waals surface area contributed by atoms with Crippen molar-refractivity contribution < 1.29 is 18.4 Å². The summed E-state index contributed by atoms with van der Waals surface area (Å²) in [6.07, 6.45) is 1.24. The molecule has 2 aromatic rings. The molecule has 0 N–H and O–H groups in total. The van der Waals surface area contributed by atoms with E-state index in [1.165, 1.54) is 26.3 Å². The maximum absolute atomic E-state index is 11.9. The molecule has 20 heavy (non-hydrogen) atoms. The van der Waals surface area contributed by atoms with E-state index in [2.05, 4.69) is 4.98 Å². The van der Waals surface area contributed by atoms with Gasteiger partial charge in [-0.2, -0.15) is 0 Å². The lowest BCUT2D eigenvalue weighted by atomic mass is 9.97. The van der Waals surface area contributed by atoms with Crippen LogP contribution in [0.5, 0.6) is 11.6 Å². The molecule has 1 heterocycles. The van der Waals surface area contributed by atoms with Crippen LogP contribution in [0, 0.1) is 0 Å². The topological polar surface area (TPSA) is 48.4 Å². The lowest BCUT2D eigenvalue weighted by molar-refractivity contribution is 0.101. The van der Waals surface area contributed by atoms with Gasteiger partial charge in [0.25, 0.3) is 0 Å². The molecule has 0 aliphatic heterocycles. The molecule has 0 aliphatic carbocycles. The number of nitrogens with zero attached hydrogens (tertiary/aromatic N) is 1. The molecule has 0 fully saturated rings. The first kappa shape index (κ1) is 10.7. The van der Waals surface area contributed by atoms with Crippen molar-refractivity contribution in [1.82, 2.24) is 4.98 Å². The molecule has 0 bridgehead atoms. The first-order valence-corrected chi connectivity index (χ1v) is 6.13. The van der Waals surface area contributed by atoms with Gasteiger partial charge in [-0.15, -0.1) is 0 Å². The number of rotatable bonds is 4.